The average molecular weight is 268 g/mol. The number of hydrogen-bond donors (Lipinski definition) is 1. The minimum atomic E-state index is -0.357. The number of fused-ring (bicyclic) bond motifs is 1. The summed E-state index contributed by atoms with van der Waals surface area (Å²) in [6.07, 6.45) is 1.72. The van der Waals surface area contributed by atoms with Gasteiger partial charge in [-0.25, -0.2) is 4.39 Å². The van der Waals surface area contributed by atoms with E-state index in [1.165, 1.54) is 6.07 Å². The topological polar surface area (TPSA) is 48.1 Å². The van der Waals surface area contributed by atoms with E-state index >= 15 is 0 Å². The van der Waals surface area contributed by atoms with E-state index < -0.39 is 0 Å². The SMILES string of the molecule is Nc1cccc(F)c1COc1ccc2cccnc2c1. The van der Waals surface area contributed by atoms with Crippen LogP contribution in [0.5, 0.6) is 5.75 Å². The molecule has 0 saturated carbocycles. The summed E-state index contributed by atoms with van der Waals surface area (Å²) in [4.78, 5) is 4.25. The predicted molar refractivity (Wildman–Crippen MR) is 76.9 cm³/mol. The zero-order chi connectivity index (χ0) is 13.9. The Morgan fingerprint density at radius 3 is 2.85 bits per heavy atom. The Bertz CT molecular complexity index is 738. The number of aromatic nitrogens is 1. The first-order chi connectivity index (χ1) is 9.74. The summed E-state index contributed by atoms with van der Waals surface area (Å²) in [5.74, 6) is 0.280. The molecule has 0 fully saturated rings. The van der Waals surface area contributed by atoms with Crippen LogP contribution in [-0.2, 0) is 6.61 Å². The number of benzene rings is 2. The molecule has 0 amide bonds. The Labute approximate surface area is 115 Å². The highest BCUT2D eigenvalue weighted by molar-refractivity contribution is 5.79. The number of nitrogen functional groups attached to an aromatic ring is 1. The highest BCUT2D eigenvalue weighted by Gasteiger charge is 2.07. The van der Waals surface area contributed by atoms with Gasteiger partial charge in [0.05, 0.1) is 5.52 Å². The Balaban J connectivity index is 1.83. The van der Waals surface area contributed by atoms with Crippen LogP contribution in [0.1, 0.15) is 5.56 Å². The van der Waals surface area contributed by atoms with Crippen molar-refractivity contribution in [1.29, 1.82) is 0 Å². The molecule has 0 radical (unpaired) electrons. The zero-order valence-corrected chi connectivity index (χ0v) is 10.7. The van der Waals surface area contributed by atoms with Crippen LogP contribution >= 0.6 is 0 Å². The fourth-order valence-electron chi connectivity index (χ4n) is 2.02. The maximum Gasteiger partial charge on any atom is 0.131 e. The van der Waals surface area contributed by atoms with E-state index in [-0.39, 0.29) is 12.4 Å². The summed E-state index contributed by atoms with van der Waals surface area (Å²) in [6, 6.07) is 14.0. The predicted octanol–water partition coefficient (Wildman–Crippen LogP) is 3.54. The lowest BCUT2D eigenvalue weighted by Crippen LogP contribution is -2.03. The van der Waals surface area contributed by atoms with Crippen LogP contribution in [0.4, 0.5) is 10.1 Å². The van der Waals surface area contributed by atoms with Crippen molar-refractivity contribution >= 4 is 16.6 Å². The first kappa shape index (κ1) is 12.4. The van der Waals surface area contributed by atoms with Crippen molar-refractivity contribution in [3.05, 3.63) is 66.1 Å². The summed E-state index contributed by atoms with van der Waals surface area (Å²) in [7, 11) is 0. The van der Waals surface area contributed by atoms with Gasteiger partial charge in [-0.15, -0.1) is 0 Å². The normalized spacial score (nSPS) is 10.7. The fraction of sp³-hybridized carbons (Fsp3) is 0.0625. The molecular formula is C16H13FN2O. The van der Waals surface area contributed by atoms with E-state index in [1.54, 1.807) is 18.3 Å². The van der Waals surface area contributed by atoms with Gasteiger partial charge in [-0.1, -0.05) is 12.1 Å². The van der Waals surface area contributed by atoms with Crippen LogP contribution in [-0.4, -0.2) is 4.98 Å². The molecule has 0 unspecified atom stereocenters. The van der Waals surface area contributed by atoms with Crippen molar-refractivity contribution in [2.45, 2.75) is 6.61 Å². The molecule has 0 aliphatic carbocycles. The third-order valence-electron chi connectivity index (χ3n) is 3.12. The van der Waals surface area contributed by atoms with Crippen LogP contribution in [0, 0.1) is 5.82 Å². The fourth-order valence-corrected chi connectivity index (χ4v) is 2.02. The van der Waals surface area contributed by atoms with E-state index in [9.17, 15) is 4.39 Å². The molecule has 0 saturated heterocycles. The van der Waals surface area contributed by atoms with Crippen molar-refractivity contribution in [2.75, 3.05) is 5.73 Å². The molecular weight excluding hydrogens is 255 g/mol. The van der Waals surface area contributed by atoms with Gasteiger partial charge in [0.15, 0.2) is 0 Å². The highest BCUT2D eigenvalue weighted by Crippen LogP contribution is 2.22. The van der Waals surface area contributed by atoms with Crippen molar-refractivity contribution in [3.63, 3.8) is 0 Å². The van der Waals surface area contributed by atoms with Crippen molar-refractivity contribution in [3.8, 4) is 5.75 Å². The summed E-state index contributed by atoms with van der Waals surface area (Å²) < 4.78 is 19.2. The summed E-state index contributed by atoms with van der Waals surface area (Å²) >= 11 is 0. The number of rotatable bonds is 3. The van der Waals surface area contributed by atoms with Crippen molar-refractivity contribution in [2.24, 2.45) is 0 Å². The molecule has 1 aromatic heterocycles. The first-order valence-corrected chi connectivity index (χ1v) is 6.24. The van der Waals surface area contributed by atoms with Gasteiger partial charge >= 0.3 is 0 Å². The van der Waals surface area contributed by atoms with E-state index in [1.807, 2.05) is 30.3 Å². The molecule has 0 spiro atoms. The van der Waals surface area contributed by atoms with E-state index in [2.05, 4.69) is 4.98 Å². The lowest BCUT2D eigenvalue weighted by molar-refractivity contribution is 0.301. The Morgan fingerprint density at radius 1 is 1.10 bits per heavy atom. The lowest BCUT2D eigenvalue weighted by Gasteiger charge is -2.10. The van der Waals surface area contributed by atoms with Gasteiger partial charge in [-0.2, -0.15) is 0 Å². The third-order valence-corrected chi connectivity index (χ3v) is 3.12. The highest BCUT2D eigenvalue weighted by atomic mass is 19.1. The largest absolute Gasteiger partial charge is 0.489 e. The number of nitrogens with zero attached hydrogens (tertiary/aromatic N) is 1. The number of hydrogen-bond acceptors (Lipinski definition) is 3. The third kappa shape index (κ3) is 2.40. The Morgan fingerprint density at radius 2 is 2.00 bits per heavy atom. The second kappa shape index (κ2) is 5.17. The van der Waals surface area contributed by atoms with Crippen LogP contribution in [0.25, 0.3) is 10.9 Å². The molecule has 0 bridgehead atoms. The monoisotopic (exact) mass is 268 g/mol. The minimum absolute atomic E-state index is 0.0941. The van der Waals surface area contributed by atoms with Crippen LogP contribution < -0.4 is 10.5 Å². The maximum absolute atomic E-state index is 13.6. The van der Waals surface area contributed by atoms with Gasteiger partial charge in [0.2, 0.25) is 0 Å². The number of nitrogens with two attached hydrogens (primary N) is 1. The first-order valence-electron chi connectivity index (χ1n) is 6.24. The Hall–Kier alpha value is -2.62. The number of pyridine rings is 1. The molecule has 3 aromatic rings. The molecule has 1 heterocycles. The standard InChI is InChI=1S/C16H13FN2O/c17-14-4-1-5-15(18)13(14)10-20-12-7-6-11-3-2-8-19-16(11)9-12/h1-9H,10,18H2. The van der Waals surface area contributed by atoms with Gasteiger partial charge in [-0.05, 0) is 30.3 Å². The number of anilines is 1. The van der Waals surface area contributed by atoms with Gasteiger partial charge in [0, 0.05) is 28.9 Å². The van der Waals surface area contributed by atoms with E-state index in [0.717, 1.165) is 10.9 Å². The summed E-state index contributed by atoms with van der Waals surface area (Å²) in [5, 5.41) is 1.03. The second-order valence-electron chi connectivity index (χ2n) is 4.45. The van der Waals surface area contributed by atoms with E-state index in [4.69, 9.17) is 10.5 Å². The number of halogens is 1. The molecule has 3 rings (SSSR count). The van der Waals surface area contributed by atoms with Gasteiger partial charge in [-0.3, -0.25) is 4.98 Å². The molecule has 0 atom stereocenters. The smallest absolute Gasteiger partial charge is 0.131 e. The summed E-state index contributed by atoms with van der Waals surface area (Å²) in [5.41, 5.74) is 7.34. The van der Waals surface area contributed by atoms with Crippen LogP contribution in [0.3, 0.4) is 0 Å². The van der Waals surface area contributed by atoms with Gasteiger partial charge < -0.3 is 10.5 Å². The van der Waals surface area contributed by atoms with Crippen molar-refractivity contribution < 1.29 is 9.13 Å². The second-order valence-corrected chi connectivity index (χ2v) is 4.45. The lowest BCUT2D eigenvalue weighted by atomic mass is 10.2. The van der Waals surface area contributed by atoms with Crippen molar-refractivity contribution in [1.82, 2.24) is 4.98 Å². The zero-order valence-electron chi connectivity index (χ0n) is 10.7. The summed E-state index contributed by atoms with van der Waals surface area (Å²) in [6.45, 7) is 0.0941. The molecule has 2 aromatic carbocycles. The minimum Gasteiger partial charge on any atom is -0.489 e. The molecule has 2 N–H and O–H groups in total. The molecule has 4 heteroatoms. The van der Waals surface area contributed by atoms with Gasteiger partial charge in [0.1, 0.15) is 18.2 Å². The molecule has 20 heavy (non-hydrogen) atoms. The van der Waals surface area contributed by atoms with Gasteiger partial charge in [0.25, 0.3) is 0 Å². The molecule has 100 valence electrons. The molecule has 3 nitrogen and oxygen atoms in total. The average Bonchev–Trinajstić information content (AvgIpc) is 2.46. The molecule has 0 aliphatic rings. The van der Waals surface area contributed by atoms with Crippen LogP contribution in [0.2, 0.25) is 0 Å². The maximum atomic E-state index is 13.6. The Kier molecular flexibility index (Phi) is 3.21. The van der Waals surface area contributed by atoms with Crippen LogP contribution in [0.15, 0.2) is 54.7 Å². The van der Waals surface area contributed by atoms with E-state index in [0.29, 0.717) is 17.0 Å². The molecule has 0 aliphatic heterocycles. The quantitative estimate of drug-likeness (QED) is 0.739. The number of ether oxygens (including phenoxy) is 1.